The Morgan fingerprint density at radius 3 is 2.14 bits per heavy atom. The quantitative estimate of drug-likeness (QED) is 0.268. The molecule has 42 heavy (non-hydrogen) atoms. The van der Waals surface area contributed by atoms with Crippen LogP contribution in [0.3, 0.4) is 0 Å². The molecule has 0 radical (unpaired) electrons. The number of hydrogen-bond acceptors (Lipinski definition) is 8. The summed E-state index contributed by atoms with van der Waals surface area (Å²) >= 11 is 1.48. The van der Waals surface area contributed by atoms with Crippen LogP contribution in [0.15, 0.2) is 11.8 Å². The maximum absolute atomic E-state index is 13.4. The fraction of sp³-hybridized carbons (Fsp3) is 0.733. The van der Waals surface area contributed by atoms with E-state index in [1.54, 1.807) is 47.7 Å². The average Bonchev–Trinajstić information content (AvgIpc) is 3.26. The summed E-state index contributed by atoms with van der Waals surface area (Å²) in [6.07, 6.45) is 2.43. The number of carboxylic acid groups (broad SMARTS) is 1. The summed E-state index contributed by atoms with van der Waals surface area (Å²) in [7, 11) is -1.83. The number of carbonyl (C=O) groups excluding carboxylic acids is 2. The topological polar surface area (TPSA) is 118 Å². The highest BCUT2D eigenvalue weighted by Crippen LogP contribution is 2.41. The average molecular weight is 624 g/mol. The van der Waals surface area contributed by atoms with Crippen molar-refractivity contribution >= 4 is 43.4 Å². The lowest BCUT2D eigenvalue weighted by molar-refractivity contribution is -0.134. The number of carboxylic acids is 1. The van der Waals surface area contributed by atoms with Crippen LogP contribution in [-0.4, -0.2) is 89.3 Å². The van der Waals surface area contributed by atoms with E-state index in [0.717, 1.165) is 22.7 Å². The first-order valence-electron chi connectivity index (χ1n) is 14.6. The SMILES string of the molecule is CC(C)(C)OC(=O)N1CC2CC(c3cnc(CCCO[Si](C)(C)C(C)(C)C)s3)=C(C(=O)O)[C@@H](C1)N2C(=O)OC(C)(C)C. The predicted octanol–water partition coefficient (Wildman–Crippen LogP) is 6.56. The number of aliphatic carboxylic acids is 1. The molecule has 1 fully saturated rings. The molecule has 0 aromatic carbocycles. The number of thiazole rings is 1. The molecule has 3 rings (SSSR count). The van der Waals surface area contributed by atoms with Crippen molar-refractivity contribution in [1.82, 2.24) is 14.8 Å². The molecule has 10 nitrogen and oxygen atoms in total. The lowest BCUT2D eigenvalue weighted by Crippen LogP contribution is -2.65. The number of amides is 2. The molecular weight excluding hydrogens is 574 g/mol. The number of nitrogens with zero attached hydrogens (tertiary/aromatic N) is 3. The fourth-order valence-electron chi connectivity index (χ4n) is 4.81. The van der Waals surface area contributed by atoms with E-state index < -0.39 is 49.8 Å². The number of piperazine rings is 1. The zero-order valence-corrected chi connectivity index (χ0v) is 28.9. The number of carbonyl (C=O) groups is 3. The molecule has 0 spiro atoms. The first kappa shape index (κ1) is 34.1. The summed E-state index contributed by atoms with van der Waals surface area (Å²) < 4.78 is 17.6. The van der Waals surface area contributed by atoms with E-state index in [1.807, 2.05) is 0 Å². The summed E-state index contributed by atoms with van der Waals surface area (Å²) in [6.45, 7) is 22.6. The van der Waals surface area contributed by atoms with Crippen LogP contribution in [0.2, 0.25) is 18.1 Å². The van der Waals surface area contributed by atoms with Gasteiger partial charge >= 0.3 is 18.2 Å². The van der Waals surface area contributed by atoms with Crippen LogP contribution in [0, 0.1) is 0 Å². The molecular formula is C30H49N3O7SSi. The van der Waals surface area contributed by atoms with Crippen molar-refractivity contribution < 1.29 is 33.4 Å². The zero-order chi connectivity index (χ0) is 31.8. The molecule has 2 aliphatic rings. The Morgan fingerprint density at radius 1 is 1.00 bits per heavy atom. The number of hydrogen-bond donors (Lipinski definition) is 1. The molecule has 1 aromatic heterocycles. The lowest BCUT2D eigenvalue weighted by Gasteiger charge is -2.50. The zero-order valence-electron chi connectivity index (χ0n) is 27.1. The minimum absolute atomic E-state index is 0.00770. The summed E-state index contributed by atoms with van der Waals surface area (Å²) in [6, 6.07) is -1.37. The number of aryl methyl sites for hydroxylation is 1. The van der Waals surface area contributed by atoms with Gasteiger partial charge in [-0.1, -0.05) is 20.8 Å². The molecule has 2 aliphatic heterocycles. The van der Waals surface area contributed by atoms with E-state index in [4.69, 9.17) is 13.9 Å². The fourth-order valence-corrected chi connectivity index (χ4v) is 6.93. The van der Waals surface area contributed by atoms with Crippen molar-refractivity contribution in [3.63, 3.8) is 0 Å². The Hall–Kier alpha value is -2.44. The van der Waals surface area contributed by atoms with Crippen molar-refractivity contribution in [2.75, 3.05) is 19.7 Å². The Balaban J connectivity index is 1.88. The van der Waals surface area contributed by atoms with E-state index in [9.17, 15) is 19.5 Å². The van der Waals surface area contributed by atoms with Gasteiger partial charge in [-0.25, -0.2) is 19.4 Å². The maximum atomic E-state index is 13.4. The van der Waals surface area contributed by atoms with Crippen molar-refractivity contribution in [2.45, 2.75) is 123 Å². The van der Waals surface area contributed by atoms with Crippen molar-refractivity contribution in [3.8, 4) is 0 Å². The smallest absolute Gasteiger partial charge is 0.411 e. The highest BCUT2D eigenvalue weighted by molar-refractivity contribution is 7.12. The molecule has 236 valence electrons. The van der Waals surface area contributed by atoms with Gasteiger partial charge in [0.05, 0.1) is 27.5 Å². The van der Waals surface area contributed by atoms with Crippen LogP contribution in [0.1, 0.15) is 85.0 Å². The van der Waals surface area contributed by atoms with Crippen LogP contribution in [0.4, 0.5) is 9.59 Å². The molecule has 2 atom stereocenters. The first-order valence-corrected chi connectivity index (χ1v) is 18.4. The molecule has 1 N–H and O–H groups in total. The second-order valence-corrected chi connectivity index (χ2v) is 20.6. The van der Waals surface area contributed by atoms with E-state index in [1.165, 1.54) is 21.1 Å². The molecule has 2 bridgehead atoms. The highest BCUT2D eigenvalue weighted by atomic mass is 32.1. The number of ether oxygens (including phenoxy) is 2. The molecule has 1 aromatic rings. The van der Waals surface area contributed by atoms with Gasteiger partial charge in [0.2, 0.25) is 0 Å². The van der Waals surface area contributed by atoms with Crippen LogP contribution in [-0.2, 0) is 25.1 Å². The molecule has 3 heterocycles. The number of fused-ring (bicyclic) bond motifs is 2. The second-order valence-electron chi connectivity index (χ2n) is 14.7. The minimum Gasteiger partial charge on any atom is -0.478 e. The van der Waals surface area contributed by atoms with Crippen molar-refractivity contribution in [1.29, 1.82) is 0 Å². The van der Waals surface area contributed by atoms with Gasteiger partial charge in [-0.3, -0.25) is 4.90 Å². The van der Waals surface area contributed by atoms with Gasteiger partial charge in [0.15, 0.2) is 8.32 Å². The first-order chi connectivity index (χ1) is 19.1. The van der Waals surface area contributed by atoms with Crippen molar-refractivity contribution in [2.24, 2.45) is 0 Å². The van der Waals surface area contributed by atoms with Gasteiger partial charge in [0.25, 0.3) is 0 Å². The van der Waals surface area contributed by atoms with Gasteiger partial charge in [0.1, 0.15) is 11.2 Å². The molecule has 2 amide bonds. The summed E-state index contributed by atoms with van der Waals surface area (Å²) in [5.74, 6) is -1.13. The summed E-state index contributed by atoms with van der Waals surface area (Å²) in [4.78, 5) is 47.5. The predicted molar refractivity (Wildman–Crippen MR) is 166 cm³/mol. The third kappa shape index (κ3) is 8.34. The minimum atomic E-state index is -1.83. The number of aromatic nitrogens is 1. The Bertz CT molecular complexity index is 1210. The maximum Gasteiger partial charge on any atom is 0.411 e. The summed E-state index contributed by atoms with van der Waals surface area (Å²) in [5.41, 5.74) is -0.728. The van der Waals surface area contributed by atoms with Gasteiger partial charge in [-0.2, -0.15) is 0 Å². The van der Waals surface area contributed by atoms with Gasteiger partial charge < -0.3 is 23.9 Å². The normalized spacial score (nSPS) is 20.1. The van der Waals surface area contributed by atoms with Crippen LogP contribution >= 0.6 is 11.3 Å². The van der Waals surface area contributed by atoms with E-state index >= 15 is 0 Å². The van der Waals surface area contributed by atoms with Gasteiger partial charge in [-0.15, -0.1) is 11.3 Å². The third-order valence-corrected chi connectivity index (χ3v) is 13.4. The van der Waals surface area contributed by atoms with Gasteiger partial charge in [0, 0.05) is 32.3 Å². The molecule has 1 saturated heterocycles. The third-order valence-electron chi connectivity index (χ3n) is 7.79. The van der Waals surface area contributed by atoms with E-state index in [-0.39, 0.29) is 30.1 Å². The van der Waals surface area contributed by atoms with E-state index in [2.05, 4.69) is 38.8 Å². The Labute approximate surface area is 255 Å². The molecule has 0 saturated carbocycles. The Morgan fingerprint density at radius 2 is 1.60 bits per heavy atom. The van der Waals surface area contributed by atoms with E-state index in [0.29, 0.717) is 12.2 Å². The Kier molecular flexibility index (Phi) is 9.95. The largest absolute Gasteiger partial charge is 0.478 e. The number of rotatable bonds is 7. The standard InChI is InChI=1S/C30H49N3O7SSi/c1-28(2,3)39-26(36)32-17-19-15-20(24(25(34)35)21(18-32)33(19)27(37)40-29(4,5)6)22-16-31-23(41-22)13-12-14-38-42(10,11)30(7,8)9/h16,19,21H,12-15,17-18H2,1-11H3,(H,34,35)/t19?,21-/m1/s1. The van der Waals surface area contributed by atoms with Crippen LogP contribution < -0.4 is 0 Å². The molecule has 12 heteroatoms. The monoisotopic (exact) mass is 623 g/mol. The van der Waals surface area contributed by atoms with Crippen molar-refractivity contribution in [3.05, 3.63) is 21.7 Å². The van der Waals surface area contributed by atoms with Gasteiger partial charge in [-0.05, 0) is 78.1 Å². The molecule has 1 unspecified atom stereocenters. The van der Waals surface area contributed by atoms with Crippen LogP contribution in [0.25, 0.3) is 5.57 Å². The molecule has 0 aliphatic carbocycles. The summed E-state index contributed by atoms with van der Waals surface area (Å²) in [5, 5.41) is 11.5. The highest BCUT2D eigenvalue weighted by Gasteiger charge is 2.49. The second kappa shape index (κ2) is 12.3. The lowest BCUT2D eigenvalue weighted by atomic mass is 9.84. The van der Waals surface area contributed by atoms with Crippen LogP contribution in [0.5, 0.6) is 0 Å².